The molecular formula is C9H18O2Si. The van der Waals surface area contributed by atoms with Crippen LogP contribution in [0.5, 0.6) is 0 Å². The van der Waals surface area contributed by atoms with Crippen molar-refractivity contribution in [2.24, 2.45) is 0 Å². The van der Waals surface area contributed by atoms with Crippen LogP contribution in [-0.2, 0) is 4.79 Å². The minimum Gasteiger partial charge on any atom is -0.481 e. The standard InChI is InChI=1S/C9H18O2Si/c1-8(5-6-9(10)11)7-12(2,3)4/h1,5-7H2,2-4H3,(H,10,11). The molecule has 0 saturated heterocycles. The van der Waals surface area contributed by atoms with Gasteiger partial charge in [-0.25, -0.2) is 0 Å². The van der Waals surface area contributed by atoms with Gasteiger partial charge >= 0.3 is 5.97 Å². The summed E-state index contributed by atoms with van der Waals surface area (Å²) in [6, 6.07) is 1.04. The van der Waals surface area contributed by atoms with Gasteiger partial charge in [-0.1, -0.05) is 25.2 Å². The number of hydrogen-bond donors (Lipinski definition) is 1. The molecule has 12 heavy (non-hydrogen) atoms. The predicted octanol–water partition coefficient (Wildman–Crippen LogP) is 2.75. The first-order valence-corrected chi connectivity index (χ1v) is 7.90. The van der Waals surface area contributed by atoms with Crippen LogP contribution in [0.3, 0.4) is 0 Å². The number of hydrogen-bond acceptors (Lipinski definition) is 1. The summed E-state index contributed by atoms with van der Waals surface area (Å²) in [6.07, 6.45) is 0.864. The molecule has 0 aliphatic carbocycles. The van der Waals surface area contributed by atoms with Gasteiger partial charge in [-0.15, -0.1) is 6.58 Å². The van der Waals surface area contributed by atoms with Gasteiger partial charge in [0.1, 0.15) is 0 Å². The van der Waals surface area contributed by atoms with Gasteiger partial charge in [0.15, 0.2) is 0 Å². The summed E-state index contributed by atoms with van der Waals surface area (Å²) in [5.74, 6) is -0.730. The van der Waals surface area contributed by atoms with Crippen LogP contribution in [0.1, 0.15) is 12.8 Å². The van der Waals surface area contributed by atoms with Crippen molar-refractivity contribution < 1.29 is 9.90 Å². The van der Waals surface area contributed by atoms with Crippen LogP contribution in [-0.4, -0.2) is 19.1 Å². The topological polar surface area (TPSA) is 37.3 Å². The molecule has 0 heterocycles. The van der Waals surface area contributed by atoms with Crippen molar-refractivity contribution in [1.29, 1.82) is 0 Å². The summed E-state index contributed by atoms with van der Waals surface area (Å²) in [7, 11) is -1.08. The van der Waals surface area contributed by atoms with E-state index in [1.165, 1.54) is 0 Å². The average molecular weight is 186 g/mol. The number of carboxylic acid groups (broad SMARTS) is 1. The molecule has 0 atom stereocenters. The quantitative estimate of drug-likeness (QED) is 0.529. The van der Waals surface area contributed by atoms with E-state index < -0.39 is 14.0 Å². The second-order valence-corrected chi connectivity index (χ2v) is 9.86. The zero-order valence-electron chi connectivity index (χ0n) is 8.18. The molecule has 0 rings (SSSR count). The highest BCUT2D eigenvalue weighted by molar-refractivity contribution is 6.76. The Kier molecular flexibility index (Phi) is 4.24. The normalized spacial score (nSPS) is 11.2. The molecule has 2 nitrogen and oxygen atoms in total. The minimum atomic E-state index is -1.08. The number of carbonyl (C=O) groups is 1. The van der Waals surface area contributed by atoms with Gasteiger partial charge in [0.2, 0.25) is 0 Å². The van der Waals surface area contributed by atoms with Gasteiger partial charge in [0.05, 0.1) is 0 Å². The smallest absolute Gasteiger partial charge is 0.303 e. The Bertz CT molecular complexity index is 179. The Hall–Kier alpha value is -0.573. The van der Waals surface area contributed by atoms with Crippen molar-refractivity contribution in [3.63, 3.8) is 0 Å². The lowest BCUT2D eigenvalue weighted by Gasteiger charge is -2.16. The number of rotatable bonds is 5. The maximum absolute atomic E-state index is 10.2. The lowest BCUT2D eigenvalue weighted by Crippen LogP contribution is -2.19. The maximum Gasteiger partial charge on any atom is 0.303 e. The van der Waals surface area contributed by atoms with Crippen molar-refractivity contribution >= 4 is 14.0 Å². The van der Waals surface area contributed by atoms with Crippen LogP contribution in [0.15, 0.2) is 12.2 Å². The van der Waals surface area contributed by atoms with E-state index in [2.05, 4.69) is 26.2 Å². The molecule has 1 N–H and O–H groups in total. The summed E-state index contributed by atoms with van der Waals surface area (Å²) < 4.78 is 0. The van der Waals surface area contributed by atoms with Gasteiger partial charge in [-0.2, -0.15) is 0 Å². The van der Waals surface area contributed by atoms with Gasteiger partial charge < -0.3 is 5.11 Å². The Morgan fingerprint density at radius 1 is 1.33 bits per heavy atom. The third kappa shape index (κ3) is 7.53. The maximum atomic E-state index is 10.2. The summed E-state index contributed by atoms with van der Waals surface area (Å²) in [5, 5.41) is 8.43. The van der Waals surface area contributed by atoms with E-state index in [-0.39, 0.29) is 6.42 Å². The molecule has 0 aliphatic heterocycles. The highest BCUT2D eigenvalue weighted by atomic mass is 28.3. The monoisotopic (exact) mass is 186 g/mol. The SMILES string of the molecule is C=C(CCC(=O)O)C[Si](C)(C)C. The van der Waals surface area contributed by atoms with Crippen LogP contribution < -0.4 is 0 Å². The molecule has 0 aromatic rings. The van der Waals surface area contributed by atoms with E-state index in [1.807, 2.05) is 0 Å². The molecule has 0 unspecified atom stereocenters. The van der Waals surface area contributed by atoms with E-state index in [1.54, 1.807) is 0 Å². The molecule has 3 heteroatoms. The molecule has 0 saturated carbocycles. The second kappa shape index (κ2) is 4.45. The number of carboxylic acids is 1. The fourth-order valence-electron chi connectivity index (χ4n) is 1.12. The Morgan fingerprint density at radius 3 is 2.17 bits per heavy atom. The molecule has 0 spiro atoms. The fourth-order valence-corrected chi connectivity index (χ4v) is 2.80. The molecule has 0 radical (unpaired) electrons. The molecule has 70 valence electrons. The first-order valence-electron chi connectivity index (χ1n) is 4.20. The van der Waals surface area contributed by atoms with Crippen molar-refractivity contribution in [2.75, 3.05) is 0 Å². The Labute approximate surface area is 75.3 Å². The van der Waals surface area contributed by atoms with Gasteiger partial charge in [0.25, 0.3) is 0 Å². The summed E-state index contributed by atoms with van der Waals surface area (Å²) in [6.45, 7) is 10.7. The van der Waals surface area contributed by atoms with Crippen LogP contribution in [0.4, 0.5) is 0 Å². The van der Waals surface area contributed by atoms with E-state index in [0.717, 1.165) is 11.6 Å². The van der Waals surface area contributed by atoms with E-state index in [0.29, 0.717) is 6.42 Å². The van der Waals surface area contributed by atoms with Crippen molar-refractivity contribution in [1.82, 2.24) is 0 Å². The predicted molar refractivity (Wildman–Crippen MR) is 54.2 cm³/mol. The molecular weight excluding hydrogens is 168 g/mol. The molecule has 0 bridgehead atoms. The lowest BCUT2D eigenvalue weighted by molar-refractivity contribution is -0.136. The fraction of sp³-hybridized carbons (Fsp3) is 0.667. The first kappa shape index (κ1) is 11.4. The Balaban J connectivity index is 3.68. The van der Waals surface area contributed by atoms with Gasteiger partial charge in [-0.3, -0.25) is 4.79 Å². The van der Waals surface area contributed by atoms with Crippen LogP contribution in [0.25, 0.3) is 0 Å². The summed E-state index contributed by atoms with van der Waals surface area (Å²) >= 11 is 0. The largest absolute Gasteiger partial charge is 0.481 e. The molecule has 0 aromatic carbocycles. The molecule has 0 fully saturated rings. The van der Waals surface area contributed by atoms with Crippen molar-refractivity contribution in [3.8, 4) is 0 Å². The molecule has 0 aromatic heterocycles. The van der Waals surface area contributed by atoms with Crippen LogP contribution in [0.2, 0.25) is 25.7 Å². The first-order chi connectivity index (χ1) is 5.31. The zero-order valence-corrected chi connectivity index (χ0v) is 9.18. The number of allylic oxidation sites excluding steroid dienone is 1. The zero-order chi connectivity index (χ0) is 9.78. The van der Waals surface area contributed by atoms with Crippen LogP contribution >= 0.6 is 0 Å². The lowest BCUT2D eigenvalue weighted by atomic mass is 10.2. The third-order valence-electron chi connectivity index (χ3n) is 1.47. The van der Waals surface area contributed by atoms with Gasteiger partial charge in [-0.05, 0) is 12.5 Å². The van der Waals surface area contributed by atoms with E-state index in [4.69, 9.17) is 5.11 Å². The third-order valence-corrected chi connectivity index (χ3v) is 3.03. The van der Waals surface area contributed by atoms with Crippen LogP contribution in [0, 0.1) is 0 Å². The average Bonchev–Trinajstić information content (AvgIpc) is 1.79. The summed E-state index contributed by atoms with van der Waals surface area (Å²) in [5.41, 5.74) is 1.09. The summed E-state index contributed by atoms with van der Waals surface area (Å²) in [4.78, 5) is 10.2. The highest BCUT2D eigenvalue weighted by Crippen LogP contribution is 2.18. The molecule has 0 aliphatic rings. The van der Waals surface area contributed by atoms with Gasteiger partial charge in [0, 0.05) is 14.5 Å². The highest BCUT2D eigenvalue weighted by Gasteiger charge is 2.14. The number of aliphatic carboxylic acids is 1. The second-order valence-electron chi connectivity index (χ2n) is 4.38. The van der Waals surface area contributed by atoms with Crippen molar-refractivity contribution in [2.45, 2.75) is 38.5 Å². The van der Waals surface area contributed by atoms with E-state index in [9.17, 15) is 4.79 Å². The molecule has 0 amide bonds. The van der Waals surface area contributed by atoms with Crippen molar-refractivity contribution in [3.05, 3.63) is 12.2 Å². The minimum absolute atomic E-state index is 0.226. The Morgan fingerprint density at radius 2 is 1.83 bits per heavy atom. The van der Waals surface area contributed by atoms with E-state index >= 15 is 0 Å².